The Bertz CT molecular complexity index is 198. The highest BCUT2D eigenvalue weighted by molar-refractivity contribution is 4.73. The van der Waals surface area contributed by atoms with Crippen LogP contribution in [0.15, 0.2) is 0 Å². The number of halogens is 3. The van der Waals surface area contributed by atoms with Gasteiger partial charge in [-0.1, -0.05) is 6.92 Å². The van der Waals surface area contributed by atoms with E-state index in [0.717, 1.165) is 26.2 Å². The molecule has 0 unspecified atom stereocenters. The fourth-order valence-corrected chi connectivity index (χ4v) is 2.23. The SMILES string of the molecule is CCN1CCC(CNCCCC(F)(F)F)CC1. The van der Waals surface area contributed by atoms with Crippen LogP contribution in [0.25, 0.3) is 0 Å². The molecule has 0 aliphatic carbocycles. The molecule has 0 aromatic heterocycles. The summed E-state index contributed by atoms with van der Waals surface area (Å²) in [4.78, 5) is 2.42. The first-order valence-corrected chi connectivity index (χ1v) is 6.51. The molecule has 5 heteroatoms. The van der Waals surface area contributed by atoms with Gasteiger partial charge in [0, 0.05) is 6.42 Å². The van der Waals surface area contributed by atoms with E-state index >= 15 is 0 Å². The van der Waals surface area contributed by atoms with Crippen LogP contribution in [0.4, 0.5) is 13.2 Å². The number of likely N-dealkylation sites (tertiary alicyclic amines) is 1. The molecule has 1 heterocycles. The lowest BCUT2D eigenvalue weighted by Crippen LogP contribution is -2.37. The van der Waals surface area contributed by atoms with Crippen LogP contribution in [-0.2, 0) is 0 Å². The van der Waals surface area contributed by atoms with Gasteiger partial charge in [0.05, 0.1) is 0 Å². The zero-order chi connectivity index (χ0) is 12.7. The van der Waals surface area contributed by atoms with Gasteiger partial charge >= 0.3 is 6.18 Å². The number of alkyl halides is 3. The number of piperidine rings is 1. The topological polar surface area (TPSA) is 15.3 Å². The Labute approximate surface area is 102 Å². The molecule has 17 heavy (non-hydrogen) atoms. The maximum atomic E-state index is 11.9. The summed E-state index contributed by atoms with van der Waals surface area (Å²) in [5.41, 5.74) is 0. The molecule has 0 bridgehead atoms. The molecule has 1 aliphatic rings. The standard InChI is InChI=1S/C12H23F3N2/c1-2-17-8-4-11(5-9-17)10-16-7-3-6-12(13,14)15/h11,16H,2-10H2,1H3. The molecular weight excluding hydrogens is 229 g/mol. The summed E-state index contributed by atoms with van der Waals surface area (Å²) >= 11 is 0. The molecule has 1 aliphatic heterocycles. The van der Waals surface area contributed by atoms with E-state index in [1.165, 1.54) is 12.8 Å². The predicted octanol–water partition coefficient (Wildman–Crippen LogP) is 2.65. The number of hydrogen-bond donors (Lipinski definition) is 1. The fourth-order valence-electron chi connectivity index (χ4n) is 2.23. The third-order valence-corrected chi connectivity index (χ3v) is 3.40. The third-order valence-electron chi connectivity index (χ3n) is 3.40. The van der Waals surface area contributed by atoms with Crippen molar-refractivity contribution < 1.29 is 13.2 Å². The largest absolute Gasteiger partial charge is 0.389 e. The molecule has 0 saturated carbocycles. The van der Waals surface area contributed by atoms with Gasteiger partial charge in [-0.05, 0) is 57.9 Å². The Hall–Kier alpha value is -0.290. The lowest BCUT2D eigenvalue weighted by Gasteiger charge is -2.31. The van der Waals surface area contributed by atoms with Crippen LogP contribution >= 0.6 is 0 Å². The van der Waals surface area contributed by atoms with Crippen LogP contribution in [-0.4, -0.2) is 43.8 Å². The lowest BCUT2D eigenvalue weighted by atomic mass is 9.97. The maximum Gasteiger partial charge on any atom is 0.389 e. The molecule has 0 amide bonds. The molecule has 102 valence electrons. The van der Waals surface area contributed by atoms with Gasteiger partial charge in [-0.3, -0.25) is 0 Å². The quantitative estimate of drug-likeness (QED) is 0.731. The minimum atomic E-state index is -4.01. The van der Waals surface area contributed by atoms with E-state index in [1.54, 1.807) is 0 Å². The van der Waals surface area contributed by atoms with Crippen molar-refractivity contribution in [3.63, 3.8) is 0 Å². The lowest BCUT2D eigenvalue weighted by molar-refractivity contribution is -0.135. The van der Waals surface area contributed by atoms with Gasteiger partial charge in [-0.15, -0.1) is 0 Å². The van der Waals surface area contributed by atoms with E-state index < -0.39 is 12.6 Å². The zero-order valence-corrected chi connectivity index (χ0v) is 10.5. The molecule has 1 saturated heterocycles. The van der Waals surface area contributed by atoms with Crippen LogP contribution in [0.1, 0.15) is 32.6 Å². The van der Waals surface area contributed by atoms with E-state index in [4.69, 9.17) is 0 Å². The summed E-state index contributed by atoms with van der Waals surface area (Å²) in [6.07, 6.45) is -2.15. The minimum absolute atomic E-state index is 0.192. The molecule has 0 aromatic carbocycles. The third kappa shape index (κ3) is 6.88. The van der Waals surface area contributed by atoms with Crippen molar-refractivity contribution in [2.75, 3.05) is 32.7 Å². The van der Waals surface area contributed by atoms with Crippen LogP contribution in [0.3, 0.4) is 0 Å². The molecule has 1 rings (SSSR count). The average Bonchev–Trinajstić information content (AvgIpc) is 2.28. The fraction of sp³-hybridized carbons (Fsp3) is 1.00. The summed E-state index contributed by atoms with van der Waals surface area (Å²) in [5.74, 6) is 0.642. The summed E-state index contributed by atoms with van der Waals surface area (Å²) in [6, 6.07) is 0. The van der Waals surface area contributed by atoms with Crippen molar-refractivity contribution in [2.24, 2.45) is 5.92 Å². The van der Waals surface area contributed by atoms with E-state index in [-0.39, 0.29) is 6.42 Å². The van der Waals surface area contributed by atoms with Crippen molar-refractivity contribution in [2.45, 2.75) is 38.8 Å². The molecule has 0 radical (unpaired) electrons. The highest BCUT2D eigenvalue weighted by atomic mass is 19.4. The number of nitrogens with one attached hydrogen (secondary N) is 1. The van der Waals surface area contributed by atoms with Gasteiger partial charge in [-0.25, -0.2) is 0 Å². The molecular formula is C12H23F3N2. The predicted molar refractivity (Wildman–Crippen MR) is 63.0 cm³/mol. The molecule has 0 atom stereocenters. The van der Waals surface area contributed by atoms with Crippen molar-refractivity contribution in [3.05, 3.63) is 0 Å². The Kier molecular flexibility index (Phi) is 6.27. The van der Waals surface area contributed by atoms with Crippen molar-refractivity contribution >= 4 is 0 Å². The van der Waals surface area contributed by atoms with Crippen molar-refractivity contribution in [1.82, 2.24) is 10.2 Å². The normalized spacial score (nSPS) is 19.8. The first kappa shape index (κ1) is 14.8. The second-order valence-corrected chi connectivity index (χ2v) is 4.80. The van der Waals surface area contributed by atoms with Gasteiger partial charge < -0.3 is 10.2 Å². The van der Waals surface area contributed by atoms with Crippen LogP contribution in [0.2, 0.25) is 0 Å². The number of hydrogen-bond acceptors (Lipinski definition) is 2. The minimum Gasteiger partial charge on any atom is -0.316 e. The number of rotatable bonds is 6. The smallest absolute Gasteiger partial charge is 0.316 e. The summed E-state index contributed by atoms with van der Waals surface area (Å²) in [7, 11) is 0. The Morgan fingerprint density at radius 1 is 1.24 bits per heavy atom. The first-order valence-electron chi connectivity index (χ1n) is 6.51. The Morgan fingerprint density at radius 2 is 1.88 bits per heavy atom. The van der Waals surface area contributed by atoms with Crippen molar-refractivity contribution in [3.8, 4) is 0 Å². The summed E-state index contributed by atoms with van der Waals surface area (Å²) in [5, 5.41) is 3.14. The molecule has 1 N–H and O–H groups in total. The van der Waals surface area contributed by atoms with Crippen LogP contribution < -0.4 is 5.32 Å². The van der Waals surface area contributed by atoms with Gasteiger partial charge in [0.1, 0.15) is 0 Å². The first-order chi connectivity index (χ1) is 8.01. The second-order valence-electron chi connectivity index (χ2n) is 4.80. The zero-order valence-electron chi connectivity index (χ0n) is 10.5. The maximum absolute atomic E-state index is 11.9. The molecule has 2 nitrogen and oxygen atoms in total. The van der Waals surface area contributed by atoms with E-state index in [9.17, 15) is 13.2 Å². The van der Waals surface area contributed by atoms with Gasteiger partial charge in [0.15, 0.2) is 0 Å². The van der Waals surface area contributed by atoms with Crippen molar-refractivity contribution in [1.29, 1.82) is 0 Å². The van der Waals surface area contributed by atoms with E-state index in [0.29, 0.717) is 12.5 Å². The molecule has 0 aromatic rings. The van der Waals surface area contributed by atoms with Gasteiger partial charge in [0.2, 0.25) is 0 Å². The van der Waals surface area contributed by atoms with Gasteiger partial charge in [0.25, 0.3) is 0 Å². The molecule has 1 fully saturated rings. The second kappa shape index (κ2) is 7.21. The number of nitrogens with zero attached hydrogens (tertiary/aromatic N) is 1. The Morgan fingerprint density at radius 3 is 2.41 bits per heavy atom. The molecule has 0 spiro atoms. The highest BCUT2D eigenvalue weighted by Gasteiger charge is 2.25. The van der Waals surface area contributed by atoms with E-state index in [1.807, 2.05) is 0 Å². The monoisotopic (exact) mass is 252 g/mol. The van der Waals surface area contributed by atoms with Gasteiger partial charge in [-0.2, -0.15) is 13.2 Å². The van der Waals surface area contributed by atoms with E-state index in [2.05, 4.69) is 17.1 Å². The summed E-state index contributed by atoms with van der Waals surface area (Å²) in [6.45, 7) is 6.88. The van der Waals surface area contributed by atoms with Crippen LogP contribution in [0, 0.1) is 5.92 Å². The Balaban J connectivity index is 1.97. The average molecular weight is 252 g/mol. The van der Waals surface area contributed by atoms with Crippen LogP contribution in [0.5, 0.6) is 0 Å². The highest BCUT2D eigenvalue weighted by Crippen LogP contribution is 2.21. The summed E-state index contributed by atoms with van der Waals surface area (Å²) < 4.78 is 35.7.